The summed E-state index contributed by atoms with van der Waals surface area (Å²) in [6.45, 7) is 10.3. The third-order valence-electron chi connectivity index (χ3n) is 3.49. The molecule has 1 amide bonds. The molecule has 0 radical (unpaired) electrons. The number of carbonyl (C=O) groups excluding carboxylic acids is 1. The predicted octanol–water partition coefficient (Wildman–Crippen LogP) is 3.66. The van der Waals surface area contributed by atoms with Crippen molar-refractivity contribution < 1.29 is 14.7 Å². The van der Waals surface area contributed by atoms with Gasteiger partial charge in [0.05, 0.1) is 12.5 Å². The van der Waals surface area contributed by atoms with Gasteiger partial charge < -0.3 is 10.4 Å². The van der Waals surface area contributed by atoms with E-state index in [4.69, 9.17) is 5.11 Å². The maximum atomic E-state index is 11.9. The fourth-order valence-electron chi connectivity index (χ4n) is 2.27. The lowest BCUT2D eigenvalue weighted by Crippen LogP contribution is -2.31. The number of carbonyl (C=O) groups is 2. The maximum Gasteiger partial charge on any atom is 0.305 e. The first kappa shape index (κ1) is 18.2. The Morgan fingerprint density at radius 3 is 2.05 bits per heavy atom. The van der Waals surface area contributed by atoms with Crippen molar-refractivity contribution in [2.24, 2.45) is 5.92 Å². The van der Waals surface area contributed by atoms with Crippen molar-refractivity contribution >= 4 is 11.9 Å². The number of aliphatic carboxylic acids is 1. The van der Waals surface area contributed by atoms with E-state index in [1.807, 2.05) is 38.1 Å². The predicted molar refractivity (Wildman–Crippen MR) is 87.7 cm³/mol. The van der Waals surface area contributed by atoms with Crippen LogP contribution in [0.3, 0.4) is 0 Å². The molecule has 1 unspecified atom stereocenters. The lowest BCUT2D eigenvalue weighted by Gasteiger charge is -2.22. The fraction of sp³-hybridized carbons (Fsp3) is 0.556. The van der Waals surface area contributed by atoms with Crippen LogP contribution < -0.4 is 5.32 Å². The van der Waals surface area contributed by atoms with Crippen molar-refractivity contribution in [3.05, 3.63) is 35.4 Å². The molecular weight excluding hydrogens is 278 g/mol. The van der Waals surface area contributed by atoms with Crippen LogP contribution in [0, 0.1) is 5.92 Å². The Morgan fingerprint density at radius 1 is 1.09 bits per heavy atom. The highest BCUT2D eigenvalue weighted by atomic mass is 16.4. The molecule has 2 N–H and O–H groups in total. The van der Waals surface area contributed by atoms with E-state index >= 15 is 0 Å². The van der Waals surface area contributed by atoms with Gasteiger partial charge in [-0.3, -0.25) is 9.59 Å². The van der Waals surface area contributed by atoms with Crippen molar-refractivity contribution in [2.45, 2.75) is 58.9 Å². The van der Waals surface area contributed by atoms with Gasteiger partial charge in [-0.05, 0) is 22.5 Å². The number of carboxylic acid groups (broad SMARTS) is 1. The van der Waals surface area contributed by atoms with Crippen molar-refractivity contribution in [1.29, 1.82) is 0 Å². The van der Waals surface area contributed by atoms with Crippen LogP contribution in [0.2, 0.25) is 0 Å². The monoisotopic (exact) mass is 305 g/mol. The highest BCUT2D eigenvalue weighted by Gasteiger charge is 2.20. The zero-order valence-corrected chi connectivity index (χ0v) is 14.1. The van der Waals surface area contributed by atoms with Gasteiger partial charge in [0.15, 0.2) is 0 Å². The molecular formula is C18H27NO3. The average Bonchev–Trinajstić information content (AvgIpc) is 2.35. The van der Waals surface area contributed by atoms with Gasteiger partial charge in [0.25, 0.3) is 0 Å². The van der Waals surface area contributed by atoms with Crippen LogP contribution in [0.5, 0.6) is 0 Å². The largest absolute Gasteiger partial charge is 0.481 e. The van der Waals surface area contributed by atoms with Gasteiger partial charge in [-0.1, -0.05) is 58.9 Å². The quantitative estimate of drug-likeness (QED) is 0.843. The Kier molecular flexibility index (Phi) is 6.15. The highest BCUT2D eigenvalue weighted by Crippen LogP contribution is 2.25. The zero-order chi connectivity index (χ0) is 16.9. The molecule has 0 aromatic heterocycles. The van der Waals surface area contributed by atoms with Gasteiger partial charge in [-0.2, -0.15) is 0 Å². The molecule has 4 heteroatoms. The summed E-state index contributed by atoms with van der Waals surface area (Å²) in [5.74, 6) is -0.787. The van der Waals surface area contributed by atoms with Gasteiger partial charge in [-0.15, -0.1) is 0 Å². The molecule has 1 aromatic carbocycles. The summed E-state index contributed by atoms with van der Waals surface area (Å²) in [6, 6.07) is 7.32. The van der Waals surface area contributed by atoms with Crippen LogP contribution in [0.4, 0.5) is 0 Å². The summed E-state index contributed by atoms with van der Waals surface area (Å²) >= 11 is 0. The van der Waals surface area contributed by atoms with Crippen molar-refractivity contribution in [3.8, 4) is 0 Å². The summed E-state index contributed by atoms with van der Waals surface area (Å²) in [6.07, 6.45) is 0.287. The summed E-state index contributed by atoms with van der Waals surface area (Å²) in [5.41, 5.74) is 2.05. The molecule has 22 heavy (non-hydrogen) atoms. The Bertz CT molecular complexity index is 512. The molecule has 0 aliphatic heterocycles. The number of rotatable bonds is 6. The van der Waals surface area contributed by atoms with Crippen LogP contribution >= 0.6 is 0 Å². The van der Waals surface area contributed by atoms with E-state index in [1.165, 1.54) is 5.56 Å². The van der Waals surface area contributed by atoms with Crippen LogP contribution in [0.25, 0.3) is 0 Å². The van der Waals surface area contributed by atoms with Gasteiger partial charge in [0.2, 0.25) is 5.91 Å². The molecule has 0 saturated carbocycles. The van der Waals surface area contributed by atoms with E-state index in [0.29, 0.717) is 6.42 Å². The number of benzene rings is 1. The fourth-order valence-corrected chi connectivity index (χ4v) is 2.27. The Labute approximate surface area is 132 Å². The number of amides is 1. The molecule has 0 aliphatic rings. The molecule has 1 rings (SSSR count). The summed E-state index contributed by atoms with van der Waals surface area (Å²) < 4.78 is 0. The van der Waals surface area contributed by atoms with E-state index in [0.717, 1.165) is 5.56 Å². The second-order valence-electron chi connectivity index (χ2n) is 7.19. The minimum Gasteiger partial charge on any atom is -0.481 e. The van der Waals surface area contributed by atoms with Crippen molar-refractivity contribution in [3.63, 3.8) is 0 Å². The normalized spacial score (nSPS) is 13.0. The van der Waals surface area contributed by atoms with E-state index in [9.17, 15) is 9.59 Å². The lowest BCUT2D eigenvalue weighted by atomic mass is 9.86. The lowest BCUT2D eigenvalue weighted by molar-refractivity contribution is -0.137. The van der Waals surface area contributed by atoms with Crippen LogP contribution in [0.15, 0.2) is 24.3 Å². The number of hydrogen-bond donors (Lipinski definition) is 2. The van der Waals surface area contributed by atoms with Gasteiger partial charge in [0, 0.05) is 6.42 Å². The summed E-state index contributed by atoms with van der Waals surface area (Å²) in [4.78, 5) is 23.0. The number of hydrogen-bond acceptors (Lipinski definition) is 2. The smallest absolute Gasteiger partial charge is 0.305 e. The second kappa shape index (κ2) is 7.43. The van der Waals surface area contributed by atoms with E-state index in [1.54, 1.807) is 0 Å². The molecule has 0 spiro atoms. The molecule has 0 bridgehead atoms. The van der Waals surface area contributed by atoms with Gasteiger partial charge >= 0.3 is 5.97 Å². The molecule has 0 saturated heterocycles. The first-order valence-electron chi connectivity index (χ1n) is 7.71. The van der Waals surface area contributed by atoms with Crippen LogP contribution in [-0.4, -0.2) is 17.0 Å². The minimum absolute atomic E-state index is 0.0434. The number of nitrogens with one attached hydrogen (secondary N) is 1. The Balaban J connectivity index is 2.92. The third kappa shape index (κ3) is 5.88. The molecule has 4 nitrogen and oxygen atoms in total. The van der Waals surface area contributed by atoms with Crippen molar-refractivity contribution in [2.75, 3.05) is 0 Å². The standard InChI is InChI=1S/C18H27NO3/c1-12(2)10-16(20)19-15(11-17(21)22)13-6-8-14(9-7-13)18(3,4)5/h6-9,12,15H,10-11H2,1-5H3,(H,19,20)(H,21,22). The van der Waals surface area contributed by atoms with Gasteiger partial charge in [-0.25, -0.2) is 0 Å². The average molecular weight is 305 g/mol. The first-order valence-corrected chi connectivity index (χ1v) is 7.71. The van der Waals surface area contributed by atoms with E-state index in [-0.39, 0.29) is 23.7 Å². The molecule has 122 valence electrons. The Morgan fingerprint density at radius 2 is 1.64 bits per heavy atom. The van der Waals surface area contributed by atoms with Gasteiger partial charge in [0.1, 0.15) is 0 Å². The summed E-state index contributed by atoms with van der Waals surface area (Å²) in [7, 11) is 0. The first-order chi connectivity index (χ1) is 10.1. The second-order valence-corrected chi connectivity index (χ2v) is 7.19. The molecule has 0 fully saturated rings. The van der Waals surface area contributed by atoms with Crippen LogP contribution in [-0.2, 0) is 15.0 Å². The topological polar surface area (TPSA) is 66.4 Å². The molecule has 0 heterocycles. The van der Waals surface area contributed by atoms with Crippen molar-refractivity contribution in [1.82, 2.24) is 5.32 Å². The summed E-state index contributed by atoms with van der Waals surface area (Å²) in [5, 5.41) is 11.9. The number of carboxylic acids is 1. The molecule has 1 atom stereocenters. The van der Waals surface area contributed by atoms with E-state index < -0.39 is 12.0 Å². The zero-order valence-electron chi connectivity index (χ0n) is 14.1. The Hall–Kier alpha value is -1.84. The van der Waals surface area contributed by atoms with E-state index in [2.05, 4.69) is 26.1 Å². The van der Waals surface area contributed by atoms with Crippen LogP contribution in [0.1, 0.15) is 64.6 Å². The molecule has 1 aromatic rings. The molecule has 0 aliphatic carbocycles. The third-order valence-corrected chi connectivity index (χ3v) is 3.49. The SMILES string of the molecule is CC(C)CC(=O)NC(CC(=O)O)c1ccc(C(C)(C)C)cc1. The highest BCUT2D eigenvalue weighted by molar-refractivity contribution is 5.77. The maximum absolute atomic E-state index is 11.9. The minimum atomic E-state index is -0.922.